The average molecular weight is 337 g/mol. The monoisotopic (exact) mass is 337 g/mol. The van der Waals surface area contributed by atoms with E-state index in [0.717, 1.165) is 17.7 Å². The number of nitrogens with one attached hydrogen (secondary N) is 1. The molecule has 2 heterocycles. The van der Waals surface area contributed by atoms with Crippen LogP contribution in [0.25, 0.3) is 0 Å². The summed E-state index contributed by atoms with van der Waals surface area (Å²) in [5.74, 6) is -0.252. The molecule has 4 aliphatic rings. The Morgan fingerprint density at radius 2 is 1.96 bits per heavy atom. The molecule has 5 rings (SSSR count). The second-order valence-electron chi connectivity index (χ2n) is 6.98. The summed E-state index contributed by atoms with van der Waals surface area (Å²) in [4.78, 5) is 30.0. The molecule has 1 N–H and O–H groups in total. The third kappa shape index (κ3) is 1.82. The maximum absolute atomic E-state index is 12.2. The van der Waals surface area contributed by atoms with Crippen LogP contribution in [0.15, 0.2) is 29.4 Å². The Bertz CT molecular complexity index is 858. The standard InChI is InChI=1S/C18H15N3O4/c19-5-6-24-11-4-2-1-3-8(11)15-14-9-7-10(16(14)25-21-15)13-12(9)17(22)20-18(13)23/h1-4,9-10,12-14,16H,6-7H2,(H,20,22,23)/t9-,10+,12+,13-,14+,16+/m0/s1. The fraction of sp³-hybridized carbons (Fsp3) is 0.444. The Balaban J connectivity index is 1.51. The van der Waals surface area contributed by atoms with E-state index in [9.17, 15) is 9.59 Å². The lowest BCUT2D eigenvalue weighted by atomic mass is 9.71. The zero-order chi connectivity index (χ0) is 17.1. The number of nitriles is 1. The van der Waals surface area contributed by atoms with E-state index >= 15 is 0 Å². The van der Waals surface area contributed by atoms with Gasteiger partial charge in [-0.25, -0.2) is 0 Å². The number of carbonyl (C=O) groups is 2. The van der Waals surface area contributed by atoms with E-state index in [1.165, 1.54) is 0 Å². The molecule has 1 aromatic rings. The molecule has 7 nitrogen and oxygen atoms in total. The number of carbonyl (C=O) groups excluding carboxylic acids is 2. The van der Waals surface area contributed by atoms with Gasteiger partial charge in [-0.3, -0.25) is 14.9 Å². The quantitative estimate of drug-likeness (QED) is 0.824. The van der Waals surface area contributed by atoms with E-state index in [4.69, 9.17) is 14.8 Å². The fourth-order valence-corrected chi connectivity index (χ4v) is 5.19. The molecule has 2 amide bonds. The highest BCUT2D eigenvalue weighted by molar-refractivity contribution is 6.09. The van der Waals surface area contributed by atoms with Crippen LogP contribution in [0.2, 0.25) is 0 Å². The molecule has 1 aromatic carbocycles. The number of nitrogens with zero attached hydrogens (tertiary/aromatic N) is 2. The number of para-hydroxylation sites is 1. The van der Waals surface area contributed by atoms with E-state index in [1.54, 1.807) is 6.07 Å². The number of amides is 2. The summed E-state index contributed by atoms with van der Waals surface area (Å²) in [6.07, 6.45) is 0.645. The summed E-state index contributed by atoms with van der Waals surface area (Å²) < 4.78 is 5.52. The van der Waals surface area contributed by atoms with Gasteiger partial charge < -0.3 is 9.57 Å². The molecule has 25 heavy (non-hydrogen) atoms. The number of rotatable bonds is 3. The summed E-state index contributed by atoms with van der Waals surface area (Å²) in [5, 5.41) is 15.5. The first-order valence-electron chi connectivity index (χ1n) is 8.38. The predicted molar refractivity (Wildman–Crippen MR) is 84.2 cm³/mol. The molecule has 2 bridgehead atoms. The van der Waals surface area contributed by atoms with Crippen LogP contribution in [-0.2, 0) is 14.4 Å². The Kier molecular flexibility index (Phi) is 2.93. The lowest BCUT2D eigenvalue weighted by Gasteiger charge is -2.30. The van der Waals surface area contributed by atoms with Crippen LogP contribution in [0.1, 0.15) is 12.0 Å². The van der Waals surface area contributed by atoms with Gasteiger partial charge in [-0.1, -0.05) is 17.3 Å². The van der Waals surface area contributed by atoms with Crippen LogP contribution >= 0.6 is 0 Å². The van der Waals surface area contributed by atoms with Gasteiger partial charge >= 0.3 is 0 Å². The number of hydrogen-bond acceptors (Lipinski definition) is 6. The van der Waals surface area contributed by atoms with Gasteiger partial charge in [0.2, 0.25) is 11.8 Å². The normalized spacial score (nSPS) is 37.0. The van der Waals surface area contributed by atoms with Gasteiger partial charge in [0.15, 0.2) is 6.61 Å². The van der Waals surface area contributed by atoms with Gasteiger partial charge in [0.1, 0.15) is 17.9 Å². The summed E-state index contributed by atoms with van der Waals surface area (Å²) in [5.41, 5.74) is 1.55. The molecule has 2 aliphatic carbocycles. The van der Waals surface area contributed by atoms with E-state index < -0.39 is 0 Å². The molecular weight excluding hydrogens is 322 g/mol. The second kappa shape index (κ2) is 5.06. The van der Waals surface area contributed by atoms with Gasteiger partial charge in [-0.05, 0) is 24.5 Å². The molecule has 1 saturated heterocycles. The molecule has 7 heteroatoms. The van der Waals surface area contributed by atoms with Crippen molar-refractivity contribution in [2.75, 3.05) is 6.61 Å². The molecule has 2 aliphatic heterocycles. The van der Waals surface area contributed by atoms with Gasteiger partial charge in [-0.15, -0.1) is 0 Å². The first kappa shape index (κ1) is 14.5. The van der Waals surface area contributed by atoms with Crippen molar-refractivity contribution >= 4 is 17.5 Å². The van der Waals surface area contributed by atoms with Crippen LogP contribution in [0.3, 0.4) is 0 Å². The number of fused-ring (bicyclic) bond motifs is 8. The van der Waals surface area contributed by atoms with Gasteiger partial charge in [-0.2, -0.15) is 5.26 Å². The lowest BCUT2D eigenvalue weighted by molar-refractivity contribution is -0.127. The highest BCUT2D eigenvalue weighted by Crippen LogP contribution is 2.60. The minimum Gasteiger partial charge on any atom is -0.478 e. The highest BCUT2D eigenvalue weighted by Gasteiger charge is 2.68. The molecule has 126 valence electrons. The SMILES string of the molecule is N#CCOc1ccccc1C1=NO[C@@H]2[C@@H]3C[C@@H]([C@H]4C(=O)NC(=O)[C@@H]34)[C@H]12. The number of oxime groups is 1. The largest absolute Gasteiger partial charge is 0.478 e. The zero-order valence-corrected chi connectivity index (χ0v) is 13.2. The van der Waals surface area contributed by atoms with Crippen molar-refractivity contribution in [1.29, 1.82) is 5.26 Å². The van der Waals surface area contributed by atoms with Crippen molar-refractivity contribution in [1.82, 2.24) is 5.32 Å². The molecule has 0 spiro atoms. The lowest BCUT2D eigenvalue weighted by Crippen LogP contribution is -2.41. The third-order valence-corrected chi connectivity index (χ3v) is 5.99. The highest BCUT2D eigenvalue weighted by atomic mass is 16.6. The van der Waals surface area contributed by atoms with Crippen LogP contribution < -0.4 is 10.1 Å². The van der Waals surface area contributed by atoms with E-state index in [2.05, 4.69) is 10.5 Å². The van der Waals surface area contributed by atoms with Crippen molar-refractivity contribution < 1.29 is 19.2 Å². The summed E-state index contributed by atoms with van der Waals surface area (Å²) >= 11 is 0. The van der Waals surface area contributed by atoms with Crippen LogP contribution in [-0.4, -0.2) is 30.2 Å². The molecule has 2 saturated carbocycles. The molecule has 0 unspecified atom stereocenters. The first-order chi connectivity index (χ1) is 12.2. The Hall–Kier alpha value is -2.88. The van der Waals surface area contributed by atoms with Crippen molar-refractivity contribution in [3.8, 4) is 11.8 Å². The summed E-state index contributed by atoms with van der Waals surface area (Å²) in [7, 11) is 0. The Morgan fingerprint density at radius 1 is 1.20 bits per heavy atom. The van der Waals surface area contributed by atoms with Crippen LogP contribution in [0, 0.1) is 40.9 Å². The number of ether oxygens (including phenoxy) is 1. The third-order valence-electron chi connectivity index (χ3n) is 5.99. The Labute approximate surface area is 143 Å². The van der Waals surface area contributed by atoms with Gasteiger partial charge in [0.25, 0.3) is 0 Å². The van der Waals surface area contributed by atoms with Crippen LogP contribution in [0.4, 0.5) is 0 Å². The maximum Gasteiger partial charge on any atom is 0.230 e. The number of imide groups is 1. The maximum atomic E-state index is 12.2. The van der Waals surface area contributed by atoms with E-state index in [-0.39, 0.29) is 54.1 Å². The van der Waals surface area contributed by atoms with Crippen molar-refractivity contribution in [3.63, 3.8) is 0 Å². The van der Waals surface area contributed by atoms with Gasteiger partial charge in [0.05, 0.1) is 17.5 Å². The van der Waals surface area contributed by atoms with E-state index in [0.29, 0.717) is 5.75 Å². The number of hydrogen-bond donors (Lipinski definition) is 1. The summed E-state index contributed by atoms with van der Waals surface area (Å²) in [6.45, 7) is -0.0487. The molecule has 0 radical (unpaired) electrons. The second-order valence-corrected chi connectivity index (χ2v) is 6.98. The minimum atomic E-state index is -0.280. The van der Waals surface area contributed by atoms with Crippen molar-refractivity contribution in [3.05, 3.63) is 29.8 Å². The molecular formula is C18H15N3O4. The topological polar surface area (TPSA) is 101 Å². The minimum absolute atomic E-state index is 0.0188. The van der Waals surface area contributed by atoms with E-state index in [1.807, 2.05) is 24.3 Å². The fourth-order valence-electron chi connectivity index (χ4n) is 5.19. The Morgan fingerprint density at radius 3 is 2.76 bits per heavy atom. The number of benzene rings is 1. The van der Waals surface area contributed by atoms with Crippen molar-refractivity contribution in [2.45, 2.75) is 12.5 Å². The smallest absolute Gasteiger partial charge is 0.230 e. The molecule has 6 atom stereocenters. The first-order valence-corrected chi connectivity index (χ1v) is 8.38. The zero-order valence-electron chi connectivity index (χ0n) is 13.2. The van der Waals surface area contributed by atoms with Crippen LogP contribution in [0.5, 0.6) is 5.75 Å². The van der Waals surface area contributed by atoms with Gasteiger partial charge in [0, 0.05) is 17.4 Å². The molecule has 3 fully saturated rings. The van der Waals surface area contributed by atoms with Crippen molar-refractivity contribution in [2.24, 2.45) is 34.7 Å². The molecule has 0 aromatic heterocycles. The summed E-state index contributed by atoms with van der Waals surface area (Å²) in [6, 6.07) is 9.37. The average Bonchev–Trinajstić information content (AvgIpc) is 3.34. The predicted octanol–water partition coefficient (Wildman–Crippen LogP) is 0.847.